The van der Waals surface area contributed by atoms with Gasteiger partial charge in [0.25, 0.3) is 0 Å². The van der Waals surface area contributed by atoms with Crippen LogP contribution in [0.5, 0.6) is 0 Å². The molecule has 0 unspecified atom stereocenters. The van der Waals surface area contributed by atoms with Crippen molar-refractivity contribution in [3.8, 4) is 0 Å². The van der Waals surface area contributed by atoms with E-state index in [2.05, 4.69) is 19.1 Å². The molecule has 3 rings (SSSR count). The van der Waals surface area contributed by atoms with Gasteiger partial charge >= 0.3 is 5.97 Å². The predicted molar refractivity (Wildman–Crippen MR) is 67.4 cm³/mol. The van der Waals surface area contributed by atoms with Gasteiger partial charge in [-0.25, -0.2) is 0 Å². The number of carboxylic acids is 1. The van der Waals surface area contributed by atoms with E-state index >= 15 is 0 Å². The van der Waals surface area contributed by atoms with E-state index in [1.807, 2.05) is 18.2 Å². The Morgan fingerprint density at radius 2 is 2.17 bits per heavy atom. The summed E-state index contributed by atoms with van der Waals surface area (Å²) in [7, 11) is 0. The first kappa shape index (κ1) is 11.7. The van der Waals surface area contributed by atoms with Crippen molar-refractivity contribution in [2.75, 3.05) is 0 Å². The van der Waals surface area contributed by atoms with Crippen LogP contribution < -0.4 is 0 Å². The van der Waals surface area contributed by atoms with Crippen LogP contribution in [0.4, 0.5) is 0 Å². The van der Waals surface area contributed by atoms with Gasteiger partial charge in [0.05, 0.1) is 17.6 Å². The zero-order chi connectivity index (χ0) is 12.8. The van der Waals surface area contributed by atoms with Gasteiger partial charge in [-0.3, -0.25) is 4.79 Å². The lowest BCUT2D eigenvalue weighted by atomic mass is 9.69. The highest BCUT2D eigenvalue weighted by atomic mass is 16.5. The van der Waals surface area contributed by atoms with Crippen LogP contribution in [0.25, 0.3) is 0 Å². The van der Waals surface area contributed by atoms with Crippen molar-refractivity contribution in [2.24, 2.45) is 5.92 Å². The molecule has 18 heavy (non-hydrogen) atoms. The summed E-state index contributed by atoms with van der Waals surface area (Å²) in [6.07, 6.45) is 2.69. The lowest BCUT2D eigenvalue weighted by molar-refractivity contribution is -0.148. The zero-order valence-electron chi connectivity index (χ0n) is 10.5. The topological polar surface area (TPSA) is 46.5 Å². The van der Waals surface area contributed by atoms with Crippen LogP contribution in [0.1, 0.15) is 37.7 Å². The smallest absolute Gasteiger partial charge is 0.309 e. The second-order valence-electron chi connectivity index (χ2n) is 5.49. The van der Waals surface area contributed by atoms with Crippen LogP contribution in [-0.4, -0.2) is 22.8 Å². The molecular formula is C15H18O3. The molecule has 3 nitrogen and oxygen atoms in total. The first-order valence-corrected chi connectivity index (χ1v) is 6.59. The van der Waals surface area contributed by atoms with Crippen molar-refractivity contribution in [1.82, 2.24) is 0 Å². The summed E-state index contributed by atoms with van der Waals surface area (Å²) >= 11 is 0. The quantitative estimate of drug-likeness (QED) is 0.892. The first-order chi connectivity index (χ1) is 8.63. The number of hydrogen-bond acceptors (Lipinski definition) is 2. The Morgan fingerprint density at radius 1 is 1.44 bits per heavy atom. The number of ether oxygens (including phenoxy) is 1. The molecular weight excluding hydrogens is 228 g/mol. The predicted octanol–water partition coefficient (Wildman–Crippen LogP) is 2.81. The van der Waals surface area contributed by atoms with Gasteiger partial charge in [-0.05, 0) is 24.8 Å². The van der Waals surface area contributed by atoms with Crippen LogP contribution in [0, 0.1) is 5.92 Å². The Bertz CT molecular complexity index is 456. The van der Waals surface area contributed by atoms with Gasteiger partial charge in [0.15, 0.2) is 0 Å². The van der Waals surface area contributed by atoms with Gasteiger partial charge in [0.1, 0.15) is 0 Å². The maximum atomic E-state index is 11.5. The summed E-state index contributed by atoms with van der Waals surface area (Å²) in [5.74, 6) is -0.932. The highest BCUT2D eigenvalue weighted by Crippen LogP contribution is 2.54. The maximum absolute atomic E-state index is 11.5. The fraction of sp³-hybridized carbons (Fsp3) is 0.533. The number of hydrogen-bond donors (Lipinski definition) is 1. The molecule has 2 aliphatic heterocycles. The highest BCUT2D eigenvalue weighted by Gasteiger charge is 2.59. The fourth-order valence-corrected chi connectivity index (χ4v) is 3.65. The van der Waals surface area contributed by atoms with E-state index in [4.69, 9.17) is 4.74 Å². The van der Waals surface area contributed by atoms with Gasteiger partial charge in [-0.2, -0.15) is 0 Å². The molecule has 0 aliphatic carbocycles. The molecule has 0 spiro atoms. The van der Waals surface area contributed by atoms with Crippen LogP contribution in [0.2, 0.25) is 0 Å². The summed E-state index contributed by atoms with van der Waals surface area (Å²) in [6, 6.07) is 10.1. The van der Waals surface area contributed by atoms with Crippen LogP contribution in [0.15, 0.2) is 30.3 Å². The zero-order valence-corrected chi connectivity index (χ0v) is 10.5. The third kappa shape index (κ3) is 1.57. The van der Waals surface area contributed by atoms with Crippen molar-refractivity contribution in [2.45, 2.75) is 43.8 Å². The lowest BCUT2D eigenvalue weighted by Gasteiger charge is -2.36. The van der Waals surface area contributed by atoms with E-state index in [1.54, 1.807) is 0 Å². The van der Waals surface area contributed by atoms with E-state index in [0.717, 1.165) is 12.8 Å². The molecule has 0 radical (unpaired) electrons. The molecule has 1 N–H and O–H groups in total. The Kier molecular flexibility index (Phi) is 2.67. The molecule has 2 aliphatic rings. The number of carbonyl (C=O) groups is 1. The van der Waals surface area contributed by atoms with Gasteiger partial charge in [-0.1, -0.05) is 37.3 Å². The average molecular weight is 246 g/mol. The second kappa shape index (κ2) is 4.09. The standard InChI is InChI=1S/C15H18O3/c1-10(11-5-3-2-4-6-11)15-8-7-12(18-15)9-13(15)14(16)17/h2-6,10,12-13H,7-9H2,1H3,(H,16,17)/t10-,12+,13-,15-/m1/s1. The van der Waals surface area contributed by atoms with E-state index in [9.17, 15) is 9.90 Å². The van der Waals surface area contributed by atoms with Crippen LogP contribution in [-0.2, 0) is 9.53 Å². The Balaban J connectivity index is 1.96. The minimum absolute atomic E-state index is 0.132. The summed E-state index contributed by atoms with van der Waals surface area (Å²) in [5, 5.41) is 9.42. The van der Waals surface area contributed by atoms with Gasteiger partial charge in [0, 0.05) is 5.92 Å². The number of fused-ring (bicyclic) bond motifs is 2. The summed E-state index contributed by atoms with van der Waals surface area (Å²) in [6.45, 7) is 2.10. The second-order valence-corrected chi connectivity index (χ2v) is 5.49. The van der Waals surface area contributed by atoms with Crippen molar-refractivity contribution < 1.29 is 14.6 Å². The Hall–Kier alpha value is -1.35. The summed E-state index contributed by atoms with van der Waals surface area (Å²) in [4.78, 5) is 11.5. The molecule has 96 valence electrons. The van der Waals surface area contributed by atoms with E-state index in [1.165, 1.54) is 5.56 Å². The van der Waals surface area contributed by atoms with Crippen molar-refractivity contribution >= 4 is 5.97 Å². The average Bonchev–Trinajstić information content (AvgIpc) is 2.98. The molecule has 4 atom stereocenters. The monoisotopic (exact) mass is 246 g/mol. The highest BCUT2D eigenvalue weighted by molar-refractivity contribution is 5.72. The van der Waals surface area contributed by atoms with E-state index in [0.29, 0.717) is 6.42 Å². The fourth-order valence-electron chi connectivity index (χ4n) is 3.65. The van der Waals surface area contributed by atoms with Gasteiger partial charge in [-0.15, -0.1) is 0 Å². The third-order valence-electron chi connectivity index (χ3n) is 4.66. The molecule has 2 heterocycles. The maximum Gasteiger partial charge on any atom is 0.309 e. The Morgan fingerprint density at radius 3 is 2.78 bits per heavy atom. The lowest BCUT2D eigenvalue weighted by Crippen LogP contribution is -2.43. The molecule has 2 saturated heterocycles. The minimum atomic E-state index is -0.708. The normalized spacial score (nSPS) is 35.6. The van der Waals surface area contributed by atoms with E-state index in [-0.39, 0.29) is 17.9 Å². The van der Waals surface area contributed by atoms with E-state index < -0.39 is 11.6 Å². The number of benzene rings is 1. The molecule has 0 saturated carbocycles. The van der Waals surface area contributed by atoms with Crippen molar-refractivity contribution in [3.63, 3.8) is 0 Å². The summed E-state index contributed by atoms with van der Waals surface area (Å²) in [5.41, 5.74) is 0.684. The molecule has 1 aromatic carbocycles. The molecule has 2 bridgehead atoms. The summed E-state index contributed by atoms with van der Waals surface area (Å²) < 4.78 is 6.07. The Labute approximate surface area is 107 Å². The first-order valence-electron chi connectivity index (χ1n) is 6.59. The van der Waals surface area contributed by atoms with Gasteiger partial charge in [0.2, 0.25) is 0 Å². The molecule has 0 aromatic heterocycles. The van der Waals surface area contributed by atoms with Crippen molar-refractivity contribution in [1.29, 1.82) is 0 Å². The molecule has 2 fully saturated rings. The third-order valence-corrected chi connectivity index (χ3v) is 4.66. The minimum Gasteiger partial charge on any atom is -0.481 e. The SMILES string of the molecule is C[C@H](c1ccccc1)[C@]12CC[C@@H](C[C@@H]1C(=O)O)O2. The molecule has 3 heteroatoms. The van der Waals surface area contributed by atoms with Crippen molar-refractivity contribution in [3.05, 3.63) is 35.9 Å². The van der Waals surface area contributed by atoms with Crippen LogP contribution >= 0.6 is 0 Å². The number of rotatable bonds is 3. The number of aliphatic carboxylic acids is 1. The molecule has 1 aromatic rings. The molecule has 0 amide bonds. The van der Waals surface area contributed by atoms with Gasteiger partial charge < -0.3 is 9.84 Å². The largest absolute Gasteiger partial charge is 0.481 e. The number of carboxylic acid groups (broad SMARTS) is 1. The van der Waals surface area contributed by atoms with Crippen LogP contribution in [0.3, 0.4) is 0 Å².